The minimum atomic E-state index is -0.491. The second-order valence-corrected chi connectivity index (χ2v) is 2.86. The van der Waals surface area contributed by atoms with E-state index in [2.05, 4.69) is 0 Å². The maximum absolute atomic E-state index is 10.6. The predicted molar refractivity (Wildman–Crippen MR) is 45.0 cm³/mol. The zero-order valence-corrected chi connectivity index (χ0v) is 7.56. The van der Waals surface area contributed by atoms with E-state index in [1.54, 1.807) is 0 Å². The van der Waals surface area contributed by atoms with E-state index in [0.29, 0.717) is 6.42 Å². The molecule has 1 aliphatic heterocycles. The Hall–Kier alpha value is -0.680. The van der Waals surface area contributed by atoms with Gasteiger partial charge >= 0.3 is 0 Å². The van der Waals surface area contributed by atoms with Crippen LogP contribution in [0, 0.1) is 10.1 Å². The molecule has 1 unspecified atom stereocenters. The van der Waals surface area contributed by atoms with E-state index < -0.39 is 6.17 Å². The lowest BCUT2D eigenvalue weighted by Crippen LogP contribution is -2.43. The van der Waals surface area contributed by atoms with Crippen LogP contribution in [0.2, 0.25) is 0 Å². The Morgan fingerprint density at radius 3 is 2.58 bits per heavy atom. The number of nitro groups is 1. The summed E-state index contributed by atoms with van der Waals surface area (Å²) in [6, 6.07) is 0. The average Bonchev–Trinajstić information content (AvgIpc) is 2.46. The van der Waals surface area contributed by atoms with Crippen LogP contribution in [-0.2, 0) is 0 Å². The summed E-state index contributed by atoms with van der Waals surface area (Å²) in [5.74, 6) is 0. The Bertz CT molecular complexity index is 174. The summed E-state index contributed by atoms with van der Waals surface area (Å²) in [4.78, 5) is 10.4. The van der Waals surface area contributed by atoms with E-state index in [9.17, 15) is 10.1 Å². The van der Waals surface area contributed by atoms with E-state index in [-0.39, 0.29) is 4.92 Å². The van der Waals surface area contributed by atoms with Crippen LogP contribution < -0.4 is 0 Å². The molecule has 5 heteroatoms. The van der Waals surface area contributed by atoms with Crippen molar-refractivity contribution in [3.05, 3.63) is 10.1 Å². The van der Waals surface area contributed by atoms with Crippen molar-refractivity contribution in [2.75, 3.05) is 19.6 Å². The summed E-state index contributed by atoms with van der Waals surface area (Å²) < 4.78 is 0. The molecule has 1 saturated heterocycles. The molecular formula is C7H15N3O2. The largest absolute Gasteiger partial charge is 0.281 e. The topological polar surface area (TPSA) is 49.6 Å². The number of hydrogen-bond acceptors (Lipinski definition) is 4. The molecule has 0 bridgehead atoms. The fourth-order valence-corrected chi connectivity index (χ4v) is 1.70. The molecule has 1 rings (SSSR count). The van der Waals surface area contributed by atoms with Gasteiger partial charge in [-0.15, -0.1) is 0 Å². The lowest BCUT2D eigenvalue weighted by molar-refractivity contribution is -0.553. The van der Waals surface area contributed by atoms with E-state index in [1.807, 2.05) is 23.9 Å². The van der Waals surface area contributed by atoms with Crippen LogP contribution in [0.1, 0.15) is 20.3 Å². The van der Waals surface area contributed by atoms with Gasteiger partial charge < -0.3 is 0 Å². The minimum Gasteiger partial charge on any atom is -0.263 e. The van der Waals surface area contributed by atoms with E-state index in [1.165, 1.54) is 0 Å². The van der Waals surface area contributed by atoms with Crippen LogP contribution in [0.25, 0.3) is 0 Å². The second-order valence-electron chi connectivity index (χ2n) is 2.86. The van der Waals surface area contributed by atoms with E-state index >= 15 is 0 Å². The first-order valence-corrected chi connectivity index (χ1v) is 4.35. The van der Waals surface area contributed by atoms with Gasteiger partial charge in [-0.05, 0) is 0 Å². The number of rotatable bonds is 3. The summed E-state index contributed by atoms with van der Waals surface area (Å²) >= 11 is 0. The zero-order chi connectivity index (χ0) is 9.14. The Morgan fingerprint density at radius 1 is 1.50 bits per heavy atom. The Morgan fingerprint density at radius 2 is 2.17 bits per heavy atom. The molecule has 0 aromatic carbocycles. The maximum Gasteiger partial charge on any atom is 0.281 e. The van der Waals surface area contributed by atoms with Crippen LogP contribution in [-0.4, -0.2) is 40.7 Å². The number of hydrazine groups is 1. The Balaban J connectivity index is 2.62. The third-order valence-corrected chi connectivity index (χ3v) is 2.29. The van der Waals surface area contributed by atoms with E-state index in [4.69, 9.17) is 0 Å². The molecule has 0 aromatic rings. The second kappa shape index (κ2) is 3.82. The van der Waals surface area contributed by atoms with Crippen molar-refractivity contribution in [2.45, 2.75) is 26.4 Å². The molecule has 0 aromatic heterocycles. The summed E-state index contributed by atoms with van der Waals surface area (Å²) in [7, 11) is 0. The Kier molecular flexibility index (Phi) is 2.99. The van der Waals surface area contributed by atoms with Gasteiger partial charge in [0.15, 0.2) is 0 Å². The van der Waals surface area contributed by atoms with Gasteiger partial charge in [0, 0.05) is 31.0 Å². The Labute approximate surface area is 72.1 Å². The first kappa shape index (κ1) is 9.41. The highest BCUT2D eigenvalue weighted by Gasteiger charge is 2.37. The molecule has 0 aliphatic carbocycles. The molecular weight excluding hydrogens is 158 g/mol. The van der Waals surface area contributed by atoms with Crippen LogP contribution in [0.15, 0.2) is 0 Å². The van der Waals surface area contributed by atoms with Gasteiger partial charge in [-0.25, -0.2) is 5.01 Å². The first-order chi connectivity index (χ1) is 5.70. The lowest BCUT2D eigenvalue weighted by Gasteiger charge is -2.25. The maximum atomic E-state index is 10.6. The third-order valence-electron chi connectivity index (χ3n) is 2.29. The van der Waals surface area contributed by atoms with Crippen LogP contribution >= 0.6 is 0 Å². The molecule has 0 N–H and O–H groups in total. The third kappa shape index (κ3) is 1.56. The van der Waals surface area contributed by atoms with Crippen molar-refractivity contribution in [3.63, 3.8) is 0 Å². The van der Waals surface area contributed by atoms with Crippen molar-refractivity contribution in [1.29, 1.82) is 0 Å². The fourth-order valence-electron chi connectivity index (χ4n) is 1.70. The molecule has 1 heterocycles. The van der Waals surface area contributed by atoms with Crippen molar-refractivity contribution in [1.82, 2.24) is 10.0 Å². The first-order valence-electron chi connectivity index (χ1n) is 4.35. The normalized spacial score (nSPS) is 26.3. The van der Waals surface area contributed by atoms with Crippen molar-refractivity contribution < 1.29 is 4.92 Å². The van der Waals surface area contributed by atoms with Crippen molar-refractivity contribution in [3.8, 4) is 0 Å². The summed E-state index contributed by atoms with van der Waals surface area (Å²) in [6.45, 7) is 6.36. The van der Waals surface area contributed by atoms with Gasteiger partial charge in [0.1, 0.15) is 0 Å². The summed E-state index contributed by atoms with van der Waals surface area (Å²) in [5.41, 5.74) is 0. The van der Waals surface area contributed by atoms with Gasteiger partial charge in [-0.1, -0.05) is 13.8 Å². The molecule has 1 atom stereocenters. The fraction of sp³-hybridized carbons (Fsp3) is 1.00. The van der Waals surface area contributed by atoms with Crippen LogP contribution in [0.4, 0.5) is 0 Å². The van der Waals surface area contributed by atoms with Crippen LogP contribution in [0.3, 0.4) is 0 Å². The lowest BCUT2D eigenvalue weighted by atomic mass is 10.4. The molecule has 0 amide bonds. The smallest absolute Gasteiger partial charge is 0.263 e. The zero-order valence-electron chi connectivity index (χ0n) is 7.56. The van der Waals surface area contributed by atoms with Crippen molar-refractivity contribution in [2.24, 2.45) is 0 Å². The average molecular weight is 173 g/mol. The standard InChI is InChI=1S/C7H15N3O2/c1-3-8-6-5-7(10(11)12)9(8)4-2/h7H,3-6H2,1-2H3. The highest BCUT2D eigenvalue weighted by atomic mass is 16.6. The summed E-state index contributed by atoms with van der Waals surface area (Å²) in [6.07, 6.45) is 0.157. The van der Waals surface area contributed by atoms with E-state index in [0.717, 1.165) is 19.6 Å². The van der Waals surface area contributed by atoms with Gasteiger partial charge in [0.2, 0.25) is 0 Å². The summed E-state index contributed by atoms with van der Waals surface area (Å²) in [5, 5.41) is 14.4. The molecule has 1 aliphatic rings. The molecule has 0 spiro atoms. The number of hydrogen-bond donors (Lipinski definition) is 0. The molecule has 1 fully saturated rings. The quantitative estimate of drug-likeness (QED) is 0.462. The van der Waals surface area contributed by atoms with Crippen LogP contribution in [0.5, 0.6) is 0 Å². The molecule has 0 saturated carbocycles. The molecule has 0 radical (unpaired) electrons. The van der Waals surface area contributed by atoms with Gasteiger partial charge in [-0.3, -0.25) is 10.1 Å². The molecule has 5 nitrogen and oxygen atoms in total. The van der Waals surface area contributed by atoms with Crippen molar-refractivity contribution >= 4 is 0 Å². The number of nitrogens with zero attached hydrogens (tertiary/aromatic N) is 3. The highest BCUT2D eigenvalue weighted by Crippen LogP contribution is 2.17. The molecule has 12 heavy (non-hydrogen) atoms. The SMILES string of the molecule is CCN1CCC([N+](=O)[O-])N1CC. The predicted octanol–water partition coefficient (Wildman–Crippen LogP) is 0.552. The highest BCUT2D eigenvalue weighted by molar-refractivity contribution is 4.69. The monoisotopic (exact) mass is 173 g/mol. The van der Waals surface area contributed by atoms with Gasteiger partial charge in [0.25, 0.3) is 6.17 Å². The van der Waals surface area contributed by atoms with Gasteiger partial charge in [-0.2, -0.15) is 5.01 Å². The molecule has 70 valence electrons. The van der Waals surface area contributed by atoms with Gasteiger partial charge in [0.05, 0.1) is 0 Å². The minimum absolute atomic E-state index is 0.195.